The molecule has 0 fully saturated rings. The molecule has 0 bridgehead atoms. The molecule has 4 heteroatoms. The van der Waals surface area contributed by atoms with Gasteiger partial charge in [0.2, 0.25) is 0 Å². The zero-order valence-corrected chi connectivity index (χ0v) is 11.1. The molecule has 0 aliphatic heterocycles. The number of rotatable bonds is 3. The summed E-state index contributed by atoms with van der Waals surface area (Å²) in [5.74, 6) is -0.338. The number of hydrogen-bond donors (Lipinski definition) is 1. The van der Waals surface area contributed by atoms with Crippen molar-refractivity contribution in [2.24, 2.45) is 0 Å². The van der Waals surface area contributed by atoms with Crippen LogP contribution in [0.15, 0.2) is 36.4 Å². The number of nitrogens with one attached hydrogen (secondary N) is 1. The van der Waals surface area contributed by atoms with Crippen LogP contribution in [0.5, 0.6) is 0 Å². The zero-order chi connectivity index (χ0) is 13.8. The average Bonchev–Trinajstić information content (AvgIpc) is 2.41. The standard InChI is InChI=1S/C15H12ClFN2/c1-10-2-4-13(16)15(6-10)19-9-12-7-11(8-18)3-5-14(12)17/h2-7,19H,9H2,1H3. The molecule has 0 heterocycles. The van der Waals surface area contributed by atoms with E-state index in [0.29, 0.717) is 16.1 Å². The Hall–Kier alpha value is -2.05. The maximum absolute atomic E-state index is 13.6. The van der Waals surface area contributed by atoms with Crippen LogP contribution in [0, 0.1) is 24.1 Å². The predicted octanol–water partition coefficient (Wildman–Crippen LogP) is 4.27. The molecular weight excluding hydrogens is 263 g/mol. The number of nitrogens with zero attached hydrogens (tertiary/aromatic N) is 1. The minimum Gasteiger partial charge on any atom is -0.380 e. The molecule has 0 spiro atoms. The van der Waals surface area contributed by atoms with Gasteiger partial charge in [0.1, 0.15) is 5.82 Å². The van der Waals surface area contributed by atoms with Crippen molar-refractivity contribution in [1.29, 1.82) is 5.26 Å². The number of halogens is 2. The van der Waals surface area contributed by atoms with Gasteiger partial charge in [-0.15, -0.1) is 0 Å². The summed E-state index contributed by atoms with van der Waals surface area (Å²) in [5, 5.41) is 12.5. The fourth-order valence-electron chi connectivity index (χ4n) is 1.74. The third-order valence-corrected chi connectivity index (χ3v) is 3.10. The Kier molecular flexibility index (Phi) is 4.03. The summed E-state index contributed by atoms with van der Waals surface area (Å²) in [5.41, 5.74) is 2.70. The number of anilines is 1. The second kappa shape index (κ2) is 5.73. The third kappa shape index (κ3) is 3.24. The lowest BCUT2D eigenvalue weighted by Gasteiger charge is -2.10. The molecule has 0 atom stereocenters. The van der Waals surface area contributed by atoms with E-state index in [2.05, 4.69) is 5.32 Å². The van der Waals surface area contributed by atoms with Crippen molar-refractivity contribution in [3.8, 4) is 6.07 Å². The summed E-state index contributed by atoms with van der Waals surface area (Å²) in [6.07, 6.45) is 0. The Morgan fingerprint density at radius 2 is 2.05 bits per heavy atom. The van der Waals surface area contributed by atoms with Crippen molar-refractivity contribution in [3.05, 3.63) is 63.9 Å². The number of hydrogen-bond acceptors (Lipinski definition) is 2. The first-order valence-corrected chi connectivity index (χ1v) is 6.16. The van der Waals surface area contributed by atoms with E-state index in [1.807, 2.05) is 25.1 Å². The minimum absolute atomic E-state index is 0.282. The molecule has 0 aliphatic carbocycles. The van der Waals surface area contributed by atoms with Gasteiger partial charge >= 0.3 is 0 Å². The lowest BCUT2D eigenvalue weighted by atomic mass is 10.1. The van der Waals surface area contributed by atoms with Gasteiger partial charge in [0.15, 0.2) is 0 Å². The lowest BCUT2D eigenvalue weighted by molar-refractivity contribution is 0.612. The fraction of sp³-hybridized carbons (Fsp3) is 0.133. The first-order chi connectivity index (χ1) is 9.10. The molecule has 2 aromatic carbocycles. The predicted molar refractivity (Wildman–Crippen MR) is 74.6 cm³/mol. The largest absolute Gasteiger partial charge is 0.380 e. The van der Waals surface area contributed by atoms with Gasteiger partial charge in [0.05, 0.1) is 22.3 Å². The van der Waals surface area contributed by atoms with Crippen LogP contribution in [-0.2, 0) is 6.54 Å². The van der Waals surface area contributed by atoms with Crippen LogP contribution >= 0.6 is 11.6 Å². The van der Waals surface area contributed by atoms with Crippen molar-refractivity contribution >= 4 is 17.3 Å². The first kappa shape index (κ1) is 13.4. The molecule has 0 saturated carbocycles. The highest BCUT2D eigenvalue weighted by molar-refractivity contribution is 6.33. The van der Waals surface area contributed by atoms with Gasteiger partial charge in [-0.25, -0.2) is 4.39 Å². The van der Waals surface area contributed by atoms with E-state index in [0.717, 1.165) is 11.3 Å². The van der Waals surface area contributed by atoms with Crippen LogP contribution in [-0.4, -0.2) is 0 Å². The summed E-state index contributed by atoms with van der Waals surface area (Å²) < 4.78 is 13.6. The molecule has 19 heavy (non-hydrogen) atoms. The van der Waals surface area contributed by atoms with Crippen LogP contribution < -0.4 is 5.32 Å². The highest BCUT2D eigenvalue weighted by Crippen LogP contribution is 2.23. The Bertz CT molecular complexity index is 647. The second-order valence-corrected chi connectivity index (χ2v) is 4.66. The van der Waals surface area contributed by atoms with E-state index in [9.17, 15) is 4.39 Å². The molecular formula is C15H12ClFN2. The summed E-state index contributed by atoms with van der Waals surface area (Å²) >= 11 is 6.05. The van der Waals surface area contributed by atoms with Crippen molar-refractivity contribution < 1.29 is 4.39 Å². The van der Waals surface area contributed by atoms with Gasteiger partial charge < -0.3 is 5.32 Å². The minimum atomic E-state index is -0.338. The van der Waals surface area contributed by atoms with Gasteiger partial charge in [-0.2, -0.15) is 5.26 Å². The Morgan fingerprint density at radius 3 is 2.79 bits per heavy atom. The van der Waals surface area contributed by atoms with Gasteiger partial charge in [-0.05, 0) is 42.8 Å². The van der Waals surface area contributed by atoms with Crippen LogP contribution in [0.3, 0.4) is 0 Å². The zero-order valence-electron chi connectivity index (χ0n) is 10.4. The Morgan fingerprint density at radius 1 is 1.26 bits per heavy atom. The SMILES string of the molecule is Cc1ccc(Cl)c(NCc2cc(C#N)ccc2F)c1. The molecule has 2 rings (SSSR count). The molecule has 0 aliphatic rings. The Balaban J connectivity index is 2.19. The van der Waals surface area contributed by atoms with E-state index in [1.165, 1.54) is 18.2 Å². The van der Waals surface area contributed by atoms with Crippen molar-refractivity contribution in [2.45, 2.75) is 13.5 Å². The van der Waals surface area contributed by atoms with E-state index in [1.54, 1.807) is 6.07 Å². The maximum Gasteiger partial charge on any atom is 0.128 e. The van der Waals surface area contributed by atoms with E-state index < -0.39 is 0 Å². The van der Waals surface area contributed by atoms with Crippen molar-refractivity contribution in [2.75, 3.05) is 5.32 Å². The summed E-state index contributed by atoms with van der Waals surface area (Å²) in [6.45, 7) is 2.24. The molecule has 96 valence electrons. The summed E-state index contributed by atoms with van der Waals surface area (Å²) in [7, 11) is 0. The summed E-state index contributed by atoms with van der Waals surface area (Å²) in [6, 6.07) is 11.9. The highest BCUT2D eigenvalue weighted by atomic mass is 35.5. The van der Waals surface area contributed by atoms with Crippen LogP contribution in [0.1, 0.15) is 16.7 Å². The first-order valence-electron chi connectivity index (χ1n) is 5.78. The monoisotopic (exact) mass is 274 g/mol. The van der Waals surface area contributed by atoms with Crippen molar-refractivity contribution in [3.63, 3.8) is 0 Å². The molecule has 0 saturated heterocycles. The topological polar surface area (TPSA) is 35.8 Å². The normalized spacial score (nSPS) is 10.0. The molecule has 0 aromatic heterocycles. The molecule has 2 aromatic rings. The molecule has 0 radical (unpaired) electrons. The van der Waals surface area contributed by atoms with Gasteiger partial charge in [0, 0.05) is 12.1 Å². The van der Waals surface area contributed by atoms with Crippen LogP contribution in [0.4, 0.5) is 10.1 Å². The van der Waals surface area contributed by atoms with E-state index >= 15 is 0 Å². The number of nitriles is 1. The lowest BCUT2D eigenvalue weighted by Crippen LogP contribution is -2.03. The smallest absolute Gasteiger partial charge is 0.128 e. The van der Waals surface area contributed by atoms with Gasteiger partial charge in [0.25, 0.3) is 0 Å². The second-order valence-electron chi connectivity index (χ2n) is 4.25. The molecule has 2 nitrogen and oxygen atoms in total. The van der Waals surface area contributed by atoms with E-state index in [-0.39, 0.29) is 12.4 Å². The molecule has 1 N–H and O–H groups in total. The quantitative estimate of drug-likeness (QED) is 0.907. The fourth-order valence-corrected chi connectivity index (χ4v) is 1.93. The highest BCUT2D eigenvalue weighted by Gasteiger charge is 2.05. The molecule has 0 unspecified atom stereocenters. The van der Waals surface area contributed by atoms with Crippen LogP contribution in [0.25, 0.3) is 0 Å². The molecule has 0 amide bonds. The number of benzene rings is 2. The third-order valence-electron chi connectivity index (χ3n) is 2.77. The Labute approximate surface area is 116 Å². The van der Waals surface area contributed by atoms with Gasteiger partial charge in [-0.3, -0.25) is 0 Å². The summed E-state index contributed by atoms with van der Waals surface area (Å²) in [4.78, 5) is 0. The van der Waals surface area contributed by atoms with E-state index in [4.69, 9.17) is 16.9 Å². The van der Waals surface area contributed by atoms with Crippen LogP contribution in [0.2, 0.25) is 5.02 Å². The number of aryl methyl sites for hydroxylation is 1. The van der Waals surface area contributed by atoms with Crippen molar-refractivity contribution in [1.82, 2.24) is 0 Å². The maximum atomic E-state index is 13.6. The van der Waals surface area contributed by atoms with Gasteiger partial charge in [-0.1, -0.05) is 17.7 Å². The average molecular weight is 275 g/mol.